The van der Waals surface area contributed by atoms with Gasteiger partial charge in [0.1, 0.15) is 5.54 Å². The SMILES string of the molecule is COC(=O)C(C)(CC(C)(C)OC)NCC1CC1. The van der Waals surface area contributed by atoms with Crippen molar-refractivity contribution in [2.24, 2.45) is 5.92 Å². The summed E-state index contributed by atoms with van der Waals surface area (Å²) in [5, 5.41) is 3.34. The first-order valence-corrected chi connectivity index (χ1v) is 6.21. The predicted molar refractivity (Wildman–Crippen MR) is 66.9 cm³/mol. The first-order chi connectivity index (χ1) is 7.83. The van der Waals surface area contributed by atoms with E-state index in [-0.39, 0.29) is 11.6 Å². The lowest BCUT2D eigenvalue weighted by Gasteiger charge is -2.35. The molecule has 0 amide bonds. The minimum Gasteiger partial charge on any atom is -0.468 e. The predicted octanol–water partition coefficient (Wildman–Crippen LogP) is 1.73. The third kappa shape index (κ3) is 4.28. The number of carbonyl (C=O) groups excluding carboxylic acids is 1. The number of methoxy groups -OCH3 is 2. The Hall–Kier alpha value is -0.610. The number of hydrogen-bond acceptors (Lipinski definition) is 4. The topological polar surface area (TPSA) is 47.6 Å². The van der Waals surface area contributed by atoms with Crippen molar-refractivity contribution in [3.63, 3.8) is 0 Å². The van der Waals surface area contributed by atoms with Crippen LogP contribution in [-0.2, 0) is 14.3 Å². The normalized spacial score (nSPS) is 19.8. The number of carbonyl (C=O) groups is 1. The molecule has 0 aromatic carbocycles. The summed E-state index contributed by atoms with van der Waals surface area (Å²) in [6.07, 6.45) is 3.12. The maximum Gasteiger partial charge on any atom is 0.325 e. The van der Waals surface area contributed by atoms with Crippen LogP contribution in [0, 0.1) is 5.92 Å². The summed E-state index contributed by atoms with van der Waals surface area (Å²) in [6.45, 7) is 6.73. The lowest BCUT2D eigenvalue weighted by molar-refractivity contribution is -0.151. The molecule has 0 radical (unpaired) electrons. The molecule has 1 N–H and O–H groups in total. The first kappa shape index (κ1) is 14.5. The van der Waals surface area contributed by atoms with E-state index in [1.165, 1.54) is 20.0 Å². The summed E-state index contributed by atoms with van der Waals surface area (Å²) in [5.74, 6) is 0.507. The first-order valence-electron chi connectivity index (χ1n) is 6.21. The van der Waals surface area contributed by atoms with Crippen LogP contribution in [0.4, 0.5) is 0 Å². The summed E-state index contributed by atoms with van der Waals surface area (Å²) in [5.41, 5.74) is -1.02. The second-order valence-electron chi connectivity index (χ2n) is 5.79. The smallest absolute Gasteiger partial charge is 0.325 e. The molecular formula is C13H25NO3. The molecule has 1 rings (SSSR count). The molecular weight excluding hydrogens is 218 g/mol. The van der Waals surface area contributed by atoms with Gasteiger partial charge >= 0.3 is 5.97 Å². The van der Waals surface area contributed by atoms with Gasteiger partial charge in [0.2, 0.25) is 0 Å². The average Bonchev–Trinajstić information content (AvgIpc) is 3.08. The Kier molecular flexibility index (Phi) is 4.55. The van der Waals surface area contributed by atoms with Gasteiger partial charge in [0, 0.05) is 13.5 Å². The van der Waals surface area contributed by atoms with Crippen molar-refractivity contribution in [1.82, 2.24) is 5.32 Å². The van der Waals surface area contributed by atoms with Gasteiger partial charge in [0.15, 0.2) is 0 Å². The number of nitrogens with one attached hydrogen (secondary N) is 1. The van der Waals surface area contributed by atoms with Crippen LogP contribution < -0.4 is 5.32 Å². The summed E-state index contributed by atoms with van der Waals surface area (Å²) < 4.78 is 10.3. The zero-order chi connectivity index (χ0) is 13.1. The number of hydrogen-bond donors (Lipinski definition) is 1. The molecule has 0 spiro atoms. The van der Waals surface area contributed by atoms with E-state index in [0.29, 0.717) is 6.42 Å². The lowest BCUT2D eigenvalue weighted by Crippen LogP contribution is -2.54. The quantitative estimate of drug-likeness (QED) is 0.692. The molecule has 100 valence electrons. The van der Waals surface area contributed by atoms with Crippen LogP contribution in [0.5, 0.6) is 0 Å². The van der Waals surface area contributed by atoms with Crippen LogP contribution in [0.3, 0.4) is 0 Å². The van der Waals surface area contributed by atoms with Gasteiger partial charge in [-0.15, -0.1) is 0 Å². The number of rotatable bonds is 7. The van der Waals surface area contributed by atoms with Crippen molar-refractivity contribution in [3.05, 3.63) is 0 Å². The Bertz CT molecular complexity index is 274. The Labute approximate surface area is 104 Å². The van der Waals surface area contributed by atoms with Gasteiger partial charge in [-0.25, -0.2) is 0 Å². The zero-order valence-corrected chi connectivity index (χ0v) is 11.6. The van der Waals surface area contributed by atoms with Gasteiger partial charge in [0.05, 0.1) is 12.7 Å². The lowest BCUT2D eigenvalue weighted by atomic mass is 9.87. The summed E-state index contributed by atoms with van der Waals surface area (Å²) >= 11 is 0. The maximum absolute atomic E-state index is 11.9. The largest absolute Gasteiger partial charge is 0.468 e. The zero-order valence-electron chi connectivity index (χ0n) is 11.6. The third-order valence-corrected chi connectivity index (χ3v) is 3.45. The fourth-order valence-corrected chi connectivity index (χ4v) is 2.05. The van der Waals surface area contributed by atoms with Crippen LogP contribution in [0.15, 0.2) is 0 Å². The summed E-state index contributed by atoms with van der Waals surface area (Å²) in [6, 6.07) is 0. The fraction of sp³-hybridized carbons (Fsp3) is 0.923. The molecule has 1 aliphatic rings. The van der Waals surface area contributed by atoms with Crippen molar-refractivity contribution in [2.45, 2.75) is 51.2 Å². The minimum atomic E-state index is -0.670. The van der Waals surface area contributed by atoms with Gasteiger partial charge in [-0.2, -0.15) is 0 Å². The maximum atomic E-state index is 11.9. The number of ether oxygens (including phenoxy) is 2. The highest BCUT2D eigenvalue weighted by Crippen LogP contribution is 2.30. The molecule has 17 heavy (non-hydrogen) atoms. The molecule has 0 heterocycles. The highest BCUT2D eigenvalue weighted by molar-refractivity contribution is 5.80. The summed E-state index contributed by atoms with van der Waals surface area (Å²) in [7, 11) is 3.10. The number of esters is 1. The van der Waals surface area contributed by atoms with Crippen LogP contribution in [0.2, 0.25) is 0 Å². The van der Waals surface area contributed by atoms with E-state index < -0.39 is 5.54 Å². The van der Waals surface area contributed by atoms with Crippen LogP contribution in [0.25, 0.3) is 0 Å². The molecule has 4 nitrogen and oxygen atoms in total. The second-order valence-corrected chi connectivity index (χ2v) is 5.79. The second kappa shape index (κ2) is 5.36. The monoisotopic (exact) mass is 243 g/mol. The highest BCUT2D eigenvalue weighted by atomic mass is 16.5. The molecule has 1 unspecified atom stereocenters. The Balaban J connectivity index is 2.65. The molecule has 4 heteroatoms. The van der Waals surface area contributed by atoms with Gasteiger partial charge in [-0.05, 0) is 46.1 Å². The molecule has 0 saturated heterocycles. The molecule has 1 aliphatic carbocycles. The van der Waals surface area contributed by atoms with Gasteiger partial charge in [-0.3, -0.25) is 4.79 Å². The van der Waals surface area contributed by atoms with E-state index in [4.69, 9.17) is 9.47 Å². The van der Waals surface area contributed by atoms with Crippen LogP contribution >= 0.6 is 0 Å². The molecule has 1 atom stereocenters. The van der Waals surface area contributed by atoms with Crippen LogP contribution in [-0.4, -0.2) is 37.9 Å². The van der Waals surface area contributed by atoms with E-state index in [0.717, 1.165) is 12.5 Å². The van der Waals surface area contributed by atoms with Crippen molar-refractivity contribution in [3.8, 4) is 0 Å². The molecule has 0 aromatic heterocycles. The van der Waals surface area contributed by atoms with E-state index in [1.807, 2.05) is 20.8 Å². The standard InChI is InChI=1S/C13H25NO3/c1-12(2,17-5)9-13(3,11(15)16-4)14-8-10-6-7-10/h10,14H,6-9H2,1-5H3. The van der Waals surface area contributed by atoms with Gasteiger partial charge < -0.3 is 14.8 Å². The molecule has 0 aromatic rings. The van der Waals surface area contributed by atoms with Crippen molar-refractivity contribution < 1.29 is 14.3 Å². The van der Waals surface area contributed by atoms with E-state index in [2.05, 4.69) is 5.32 Å². The van der Waals surface area contributed by atoms with Gasteiger partial charge in [0.25, 0.3) is 0 Å². The molecule has 1 fully saturated rings. The Morgan fingerprint density at radius 1 is 1.29 bits per heavy atom. The van der Waals surface area contributed by atoms with Crippen molar-refractivity contribution in [1.29, 1.82) is 0 Å². The van der Waals surface area contributed by atoms with Crippen molar-refractivity contribution in [2.75, 3.05) is 20.8 Å². The van der Waals surface area contributed by atoms with E-state index in [1.54, 1.807) is 7.11 Å². The Morgan fingerprint density at radius 2 is 1.88 bits per heavy atom. The fourth-order valence-electron chi connectivity index (χ4n) is 2.05. The highest BCUT2D eigenvalue weighted by Gasteiger charge is 2.40. The third-order valence-electron chi connectivity index (χ3n) is 3.45. The van der Waals surface area contributed by atoms with Gasteiger partial charge in [-0.1, -0.05) is 0 Å². The Morgan fingerprint density at radius 3 is 2.29 bits per heavy atom. The van der Waals surface area contributed by atoms with Crippen LogP contribution in [0.1, 0.15) is 40.0 Å². The average molecular weight is 243 g/mol. The molecule has 0 aliphatic heterocycles. The van der Waals surface area contributed by atoms with Crippen molar-refractivity contribution >= 4 is 5.97 Å². The summed E-state index contributed by atoms with van der Waals surface area (Å²) in [4.78, 5) is 11.9. The molecule has 1 saturated carbocycles. The van der Waals surface area contributed by atoms with E-state index in [9.17, 15) is 4.79 Å². The minimum absolute atomic E-state index is 0.219. The molecule has 0 bridgehead atoms. The van der Waals surface area contributed by atoms with E-state index >= 15 is 0 Å².